The number of furan rings is 1. The second-order valence-electron chi connectivity index (χ2n) is 6.86. The Kier molecular flexibility index (Phi) is 6.67. The van der Waals surface area contributed by atoms with E-state index in [1.54, 1.807) is 30.3 Å². The molecule has 0 aliphatic rings. The third-order valence-corrected chi connectivity index (χ3v) is 5.79. The van der Waals surface area contributed by atoms with Crippen molar-refractivity contribution in [2.75, 3.05) is 10.6 Å². The van der Waals surface area contributed by atoms with Crippen molar-refractivity contribution in [1.82, 2.24) is 0 Å². The highest BCUT2D eigenvalue weighted by Crippen LogP contribution is 2.37. The van der Waals surface area contributed by atoms with Gasteiger partial charge in [0.25, 0.3) is 5.91 Å². The van der Waals surface area contributed by atoms with Crippen molar-refractivity contribution in [1.29, 1.82) is 0 Å². The van der Waals surface area contributed by atoms with Crippen LogP contribution in [0.5, 0.6) is 0 Å². The molecule has 0 saturated heterocycles. The van der Waals surface area contributed by atoms with E-state index in [4.69, 9.17) is 4.42 Å². The zero-order chi connectivity index (χ0) is 22.3. The Morgan fingerprint density at radius 1 is 0.812 bits per heavy atom. The normalized spacial score (nSPS) is 11.5. The van der Waals surface area contributed by atoms with Crippen LogP contribution in [0.25, 0.3) is 0 Å². The topological polar surface area (TPSA) is 71.3 Å². The van der Waals surface area contributed by atoms with Crippen LogP contribution in [0.2, 0.25) is 0 Å². The van der Waals surface area contributed by atoms with E-state index in [-0.39, 0.29) is 23.4 Å². The van der Waals surface area contributed by atoms with Crippen LogP contribution < -0.4 is 10.6 Å². The highest BCUT2D eigenvalue weighted by Gasteiger charge is 2.22. The monoisotopic (exact) mass is 446 g/mol. The second kappa shape index (κ2) is 9.98. The van der Waals surface area contributed by atoms with Gasteiger partial charge in [-0.3, -0.25) is 9.59 Å². The van der Waals surface area contributed by atoms with Crippen molar-refractivity contribution in [3.05, 3.63) is 114 Å². The summed E-state index contributed by atoms with van der Waals surface area (Å²) in [5.74, 6) is -0.752. The number of carbonyl (C=O) groups is 2. The molecule has 0 spiro atoms. The first-order chi connectivity index (χ1) is 15.6. The van der Waals surface area contributed by atoms with E-state index < -0.39 is 5.25 Å². The molecule has 0 saturated carbocycles. The van der Waals surface area contributed by atoms with Crippen molar-refractivity contribution in [3.8, 4) is 0 Å². The maximum Gasteiger partial charge on any atom is 0.291 e. The minimum Gasteiger partial charge on any atom is -0.459 e. The molecule has 1 heterocycles. The summed E-state index contributed by atoms with van der Waals surface area (Å²) in [5.41, 5.74) is 1.92. The van der Waals surface area contributed by atoms with Crippen LogP contribution in [-0.4, -0.2) is 11.8 Å². The van der Waals surface area contributed by atoms with Crippen molar-refractivity contribution >= 4 is 35.0 Å². The summed E-state index contributed by atoms with van der Waals surface area (Å²) >= 11 is 1.35. The van der Waals surface area contributed by atoms with Crippen molar-refractivity contribution in [2.45, 2.75) is 10.1 Å². The zero-order valence-electron chi connectivity index (χ0n) is 16.8. The summed E-state index contributed by atoms with van der Waals surface area (Å²) in [5, 5.41) is 5.08. The predicted molar refractivity (Wildman–Crippen MR) is 123 cm³/mol. The van der Waals surface area contributed by atoms with Gasteiger partial charge in [-0.25, -0.2) is 4.39 Å². The Morgan fingerprint density at radius 2 is 1.59 bits per heavy atom. The molecule has 0 aliphatic carbocycles. The quantitative estimate of drug-likeness (QED) is 0.334. The van der Waals surface area contributed by atoms with Crippen molar-refractivity contribution < 1.29 is 18.4 Å². The summed E-state index contributed by atoms with van der Waals surface area (Å²) in [4.78, 5) is 26.2. The Morgan fingerprint density at radius 3 is 2.31 bits per heavy atom. The van der Waals surface area contributed by atoms with E-state index in [0.29, 0.717) is 11.4 Å². The molecule has 0 aliphatic heterocycles. The lowest BCUT2D eigenvalue weighted by Gasteiger charge is -2.17. The molecule has 0 bridgehead atoms. The predicted octanol–water partition coefficient (Wildman–Crippen LogP) is 6.14. The summed E-state index contributed by atoms with van der Waals surface area (Å²) < 4.78 is 18.3. The van der Waals surface area contributed by atoms with Crippen molar-refractivity contribution in [2.24, 2.45) is 0 Å². The van der Waals surface area contributed by atoms with Crippen LogP contribution in [0, 0.1) is 5.82 Å². The molecule has 160 valence electrons. The molecule has 0 fully saturated rings. The van der Waals surface area contributed by atoms with Crippen LogP contribution in [0.4, 0.5) is 15.8 Å². The van der Waals surface area contributed by atoms with Gasteiger partial charge in [0.2, 0.25) is 5.91 Å². The van der Waals surface area contributed by atoms with Gasteiger partial charge >= 0.3 is 0 Å². The van der Waals surface area contributed by atoms with E-state index in [0.717, 1.165) is 10.5 Å². The maximum atomic E-state index is 13.2. The number of thioether (sulfide) groups is 1. The van der Waals surface area contributed by atoms with Gasteiger partial charge in [-0.2, -0.15) is 0 Å². The summed E-state index contributed by atoms with van der Waals surface area (Å²) in [6, 6.07) is 25.5. The first-order valence-corrected chi connectivity index (χ1v) is 10.7. The van der Waals surface area contributed by atoms with E-state index in [2.05, 4.69) is 10.6 Å². The van der Waals surface area contributed by atoms with E-state index in [1.807, 2.05) is 36.4 Å². The van der Waals surface area contributed by atoms with E-state index in [1.165, 1.54) is 42.3 Å². The number of nitrogens with one attached hydrogen (secondary N) is 2. The molecule has 2 N–H and O–H groups in total. The Hall–Kier alpha value is -3.84. The van der Waals surface area contributed by atoms with Gasteiger partial charge in [0.15, 0.2) is 5.76 Å². The van der Waals surface area contributed by atoms with Crippen LogP contribution in [0.1, 0.15) is 21.4 Å². The molecule has 4 rings (SSSR count). The average Bonchev–Trinajstić information content (AvgIpc) is 3.35. The Labute approximate surface area is 188 Å². The first-order valence-electron chi connectivity index (χ1n) is 9.81. The van der Waals surface area contributed by atoms with E-state index >= 15 is 0 Å². The molecule has 2 amide bonds. The van der Waals surface area contributed by atoms with E-state index in [9.17, 15) is 14.0 Å². The fraction of sp³-hybridized carbons (Fsp3) is 0.0400. The van der Waals surface area contributed by atoms with Gasteiger partial charge in [-0.1, -0.05) is 36.4 Å². The van der Waals surface area contributed by atoms with Crippen LogP contribution in [-0.2, 0) is 4.79 Å². The lowest BCUT2D eigenvalue weighted by Crippen LogP contribution is -2.19. The number of carbonyl (C=O) groups excluding carboxylic acids is 2. The molecule has 1 aromatic heterocycles. The highest BCUT2D eigenvalue weighted by molar-refractivity contribution is 8.00. The number of anilines is 2. The standard InChI is InChI=1S/C25H19FN2O3S/c26-18-11-13-19(14-12-18)27-25(30)23(17-6-2-1-3-7-17)32-21-9-4-8-20(16-21)28-24(29)22-10-5-15-31-22/h1-16,23H,(H,27,30)(H,28,29). The van der Waals surface area contributed by atoms with Gasteiger partial charge in [0.1, 0.15) is 11.1 Å². The molecule has 1 atom stereocenters. The lowest BCUT2D eigenvalue weighted by molar-refractivity contribution is -0.115. The number of amides is 2. The zero-order valence-corrected chi connectivity index (χ0v) is 17.6. The van der Waals surface area contributed by atoms with Gasteiger partial charge in [0, 0.05) is 16.3 Å². The summed E-state index contributed by atoms with van der Waals surface area (Å²) in [6.07, 6.45) is 1.44. The van der Waals surface area contributed by atoms with Crippen LogP contribution in [0.3, 0.4) is 0 Å². The average molecular weight is 447 g/mol. The third kappa shape index (κ3) is 5.44. The molecular weight excluding hydrogens is 427 g/mol. The van der Waals surface area contributed by atoms with Gasteiger partial charge in [-0.05, 0) is 60.2 Å². The smallest absolute Gasteiger partial charge is 0.291 e. The molecule has 5 nitrogen and oxygen atoms in total. The number of rotatable bonds is 7. The van der Waals surface area contributed by atoms with Gasteiger partial charge in [0.05, 0.1) is 6.26 Å². The van der Waals surface area contributed by atoms with Gasteiger partial charge in [-0.15, -0.1) is 11.8 Å². The summed E-state index contributed by atoms with van der Waals surface area (Å²) in [7, 11) is 0. The molecule has 1 unspecified atom stereocenters. The fourth-order valence-corrected chi connectivity index (χ4v) is 4.11. The SMILES string of the molecule is O=C(Nc1cccc(SC(C(=O)Nc2ccc(F)cc2)c2ccccc2)c1)c1ccco1. The fourth-order valence-electron chi connectivity index (χ4n) is 3.03. The molecule has 4 aromatic rings. The lowest BCUT2D eigenvalue weighted by atomic mass is 10.1. The molecular formula is C25H19FN2O3S. The number of hydrogen-bond donors (Lipinski definition) is 2. The molecule has 3 aromatic carbocycles. The van der Waals surface area contributed by atoms with Crippen molar-refractivity contribution in [3.63, 3.8) is 0 Å². The van der Waals surface area contributed by atoms with Crippen LogP contribution in [0.15, 0.2) is 107 Å². The maximum absolute atomic E-state index is 13.2. The minimum atomic E-state index is -0.558. The molecule has 32 heavy (non-hydrogen) atoms. The number of benzene rings is 3. The molecule has 7 heteroatoms. The molecule has 0 radical (unpaired) electrons. The van der Waals surface area contributed by atoms with Crippen LogP contribution >= 0.6 is 11.8 Å². The number of hydrogen-bond acceptors (Lipinski definition) is 4. The Bertz CT molecular complexity index is 1200. The Balaban J connectivity index is 1.54. The first kappa shape index (κ1) is 21.4. The minimum absolute atomic E-state index is 0.212. The highest BCUT2D eigenvalue weighted by atomic mass is 32.2. The number of halogens is 1. The van der Waals surface area contributed by atoms with Gasteiger partial charge < -0.3 is 15.1 Å². The summed E-state index contributed by atoms with van der Waals surface area (Å²) in [6.45, 7) is 0. The third-order valence-electron chi connectivity index (χ3n) is 4.54. The second-order valence-corrected chi connectivity index (χ2v) is 8.04. The largest absolute Gasteiger partial charge is 0.459 e.